The molecule has 18 heavy (non-hydrogen) atoms. The van der Waals surface area contributed by atoms with Crippen molar-refractivity contribution in [2.24, 2.45) is 5.92 Å². The van der Waals surface area contributed by atoms with Crippen molar-refractivity contribution in [2.75, 3.05) is 26.3 Å². The normalized spacial score (nSPS) is 18.8. The van der Waals surface area contributed by atoms with E-state index in [2.05, 4.69) is 11.8 Å². The fraction of sp³-hybridized carbons (Fsp3) is 0.692. The van der Waals surface area contributed by atoms with Crippen LogP contribution in [-0.2, 0) is 14.8 Å². The van der Waals surface area contributed by atoms with Crippen LogP contribution in [0.1, 0.15) is 26.7 Å². The maximum atomic E-state index is 11.8. The Morgan fingerprint density at radius 3 is 2.61 bits per heavy atom. The zero-order chi connectivity index (χ0) is 13.4. The van der Waals surface area contributed by atoms with Crippen molar-refractivity contribution in [1.29, 1.82) is 0 Å². The van der Waals surface area contributed by atoms with E-state index in [4.69, 9.17) is 4.74 Å². The largest absolute Gasteiger partial charge is 0.368 e. The van der Waals surface area contributed by atoms with Crippen molar-refractivity contribution in [2.45, 2.75) is 26.7 Å². The third-order valence-corrected chi connectivity index (χ3v) is 4.65. The molecule has 0 bridgehead atoms. The molecule has 5 heteroatoms. The van der Waals surface area contributed by atoms with E-state index >= 15 is 0 Å². The lowest BCUT2D eigenvalue weighted by atomic mass is 9.99. The number of allylic oxidation sites excluding steroid dienone is 1. The second-order valence-corrected chi connectivity index (χ2v) is 6.12. The molecular formula is C13H21NO3S. The van der Waals surface area contributed by atoms with Crippen molar-refractivity contribution < 1.29 is 13.2 Å². The molecule has 0 aliphatic carbocycles. The molecule has 1 heterocycles. The van der Waals surface area contributed by atoms with Crippen molar-refractivity contribution >= 4 is 10.0 Å². The van der Waals surface area contributed by atoms with Crippen LogP contribution in [0.3, 0.4) is 0 Å². The fourth-order valence-corrected chi connectivity index (χ4v) is 3.17. The maximum absolute atomic E-state index is 11.8. The predicted molar refractivity (Wildman–Crippen MR) is 72.3 cm³/mol. The second kappa shape index (κ2) is 7.57. The Morgan fingerprint density at radius 2 is 2.06 bits per heavy atom. The lowest BCUT2D eigenvalue weighted by Crippen LogP contribution is -2.38. The molecule has 1 aliphatic rings. The van der Waals surface area contributed by atoms with Gasteiger partial charge in [0.15, 0.2) is 0 Å². The summed E-state index contributed by atoms with van der Waals surface area (Å²) in [4.78, 5) is 0. The van der Waals surface area contributed by atoms with Gasteiger partial charge >= 0.3 is 0 Å². The summed E-state index contributed by atoms with van der Waals surface area (Å²) in [6, 6.07) is 0. The van der Waals surface area contributed by atoms with Crippen LogP contribution in [0.25, 0.3) is 0 Å². The smallest absolute Gasteiger partial charge is 0.235 e. The third-order valence-electron chi connectivity index (χ3n) is 2.95. The summed E-state index contributed by atoms with van der Waals surface area (Å²) in [6.07, 6.45) is 3.28. The van der Waals surface area contributed by atoms with Gasteiger partial charge in [-0.1, -0.05) is 12.0 Å². The van der Waals surface area contributed by atoms with Gasteiger partial charge in [0.25, 0.3) is 0 Å². The van der Waals surface area contributed by atoms with Gasteiger partial charge in [-0.2, -0.15) is 4.31 Å². The average Bonchev–Trinajstić information content (AvgIpc) is 2.35. The molecule has 0 aromatic heterocycles. The number of piperidine rings is 1. The number of hydrogen-bond acceptors (Lipinski definition) is 3. The first-order valence-electron chi connectivity index (χ1n) is 6.20. The molecule has 1 aliphatic heterocycles. The van der Waals surface area contributed by atoms with E-state index in [0.717, 1.165) is 12.8 Å². The van der Waals surface area contributed by atoms with E-state index in [1.165, 1.54) is 9.71 Å². The monoisotopic (exact) mass is 271 g/mol. The van der Waals surface area contributed by atoms with E-state index in [1.54, 1.807) is 19.9 Å². The molecular weight excluding hydrogens is 250 g/mol. The summed E-state index contributed by atoms with van der Waals surface area (Å²) in [5, 5.41) is 1.26. The highest BCUT2D eigenvalue weighted by Gasteiger charge is 2.25. The van der Waals surface area contributed by atoms with E-state index in [0.29, 0.717) is 32.2 Å². The Hall–Kier alpha value is -0.830. The molecule has 0 spiro atoms. The second-order valence-electron chi connectivity index (χ2n) is 4.30. The van der Waals surface area contributed by atoms with E-state index in [9.17, 15) is 8.42 Å². The van der Waals surface area contributed by atoms with Crippen molar-refractivity contribution in [3.63, 3.8) is 0 Å². The van der Waals surface area contributed by atoms with Gasteiger partial charge < -0.3 is 4.74 Å². The topological polar surface area (TPSA) is 46.6 Å². The summed E-state index contributed by atoms with van der Waals surface area (Å²) < 4.78 is 30.5. The first kappa shape index (κ1) is 15.2. The molecule has 0 aromatic carbocycles. The number of rotatable bonds is 5. The first-order valence-corrected chi connectivity index (χ1v) is 7.70. The van der Waals surface area contributed by atoms with Crippen LogP contribution in [-0.4, -0.2) is 39.0 Å². The number of hydrogen-bond donors (Lipinski definition) is 0. The molecule has 0 aromatic rings. The van der Waals surface area contributed by atoms with Crippen LogP contribution >= 0.6 is 0 Å². The minimum Gasteiger partial charge on any atom is -0.368 e. The Bertz CT molecular complexity index is 423. The van der Waals surface area contributed by atoms with Crippen LogP contribution in [0.2, 0.25) is 0 Å². The van der Waals surface area contributed by atoms with Crippen molar-refractivity contribution in [3.8, 4) is 11.8 Å². The van der Waals surface area contributed by atoms with Crippen LogP contribution in [0.4, 0.5) is 0 Å². The number of sulfonamides is 1. The molecule has 0 unspecified atom stereocenters. The van der Waals surface area contributed by atoms with E-state index in [1.807, 2.05) is 0 Å². The summed E-state index contributed by atoms with van der Waals surface area (Å²) in [5.41, 5.74) is 0. The average molecular weight is 271 g/mol. The Morgan fingerprint density at radius 1 is 1.39 bits per heavy atom. The summed E-state index contributed by atoms with van der Waals surface area (Å²) in [5.74, 6) is 6.07. The Kier molecular flexibility index (Phi) is 6.41. The van der Waals surface area contributed by atoms with Crippen LogP contribution in [0, 0.1) is 17.8 Å². The first-order chi connectivity index (χ1) is 8.60. The Balaban J connectivity index is 2.34. The molecule has 0 radical (unpaired) electrons. The zero-order valence-corrected chi connectivity index (χ0v) is 11.9. The van der Waals surface area contributed by atoms with Gasteiger partial charge in [0.1, 0.15) is 6.61 Å². The van der Waals surface area contributed by atoms with Gasteiger partial charge in [-0.05, 0) is 32.6 Å². The molecule has 0 saturated carbocycles. The molecule has 1 saturated heterocycles. The molecule has 0 atom stereocenters. The van der Waals surface area contributed by atoms with Gasteiger partial charge in [-0.25, -0.2) is 8.42 Å². The lowest BCUT2D eigenvalue weighted by molar-refractivity contribution is 0.101. The maximum Gasteiger partial charge on any atom is 0.235 e. The molecule has 0 amide bonds. The lowest BCUT2D eigenvalue weighted by Gasteiger charge is -2.29. The fourth-order valence-electron chi connectivity index (χ4n) is 1.94. The highest BCUT2D eigenvalue weighted by atomic mass is 32.2. The Labute approximate surface area is 110 Å². The molecule has 1 fully saturated rings. The van der Waals surface area contributed by atoms with Gasteiger partial charge in [0, 0.05) is 18.5 Å². The van der Waals surface area contributed by atoms with E-state index in [-0.39, 0.29) is 0 Å². The highest BCUT2D eigenvalue weighted by Crippen LogP contribution is 2.20. The quantitative estimate of drug-likeness (QED) is 0.563. The van der Waals surface area contributed by atoms with Gasteiger partial charge in [-0.3, -0.25) is 0 Å². The summed E-state index contributed by atoms with van der Waals surface area (Å²) in [6.45, 7) is 5.81. The van der Waals surface area contributed by atoms with Gasteiger partial charge in [-0.15, -0.1) is 5.92 Å². The van der Waals surface area contributed by atoms with Crippen LogP contribution < -0.4 is 0 Å². The SMILES string of the molecule is CC#CCOCC1CCN(S(=O)(=O)C=CC)CC1. The molecule has 0 N–H and O–H groups in total. The van der Waals surface area contributed by atoms with Crippen LogP contribution in [0.5, 0.6) is 0 Å². The van der Waals surface area contributed by atoms with Crippen molar-refractivity contribution in [1.82, 2.24) is 4.31 Å². The van der Waals surface area contributed by atoms with Crippen LogP contribution in [0.15, 0.2) is 11.5 Å². The molecule has 102 valence electrons. The molecule has 1 rings (SSSR count). The number of ether oxygens (including phenoxy) is 1. The summed E-state index contributed by atoms with van der Waals surface area (Å²) >= 11 is 0. The van der Waals surface area contributed by atoms with E-state index < -0.39 is 10.0 Å². The minimum absolute atomic E-state index is 0.445. The zero-order valence-electron chi connectivity index (χ0n) is 11.1. The standard InChI is InChI=1S/C13H21NO3S/c1-3-5-10-17-12-13-6-8-14(9-7-13)18(15,16)11-4-2/h4,11,13H,6-10,12H2,1-2H3. The van der Waals surface area contributed by atoms with Gasteiger partial charge in [0.2, 0.25) is 10.0 Å². The minimum atomic E-state index is -3.20. The van der Waals surface area contributed by atoms with Gasteiger partial charge in [0.05, 0.1) is 6.61 Å². The molecule has 4 nitrogen and oxygen atoms in total. The highest BCUT2D eigenvalue weighted by molar-refractivity contribution is 7.92. The third kappa shape index (κ3) is 4.81. The van der Waals surface area contributed by atoms with Crippen molar-refractivity contribution in [3.05, 3.63) is 11.5 Å². The summed E-state index contributed by atoms with van der Waals surface area (Å²) in [7, 11) is -3.20. The number of nitrogens with zero attached hydrogens (tertiary/aromatic N) is 1. The predicted octanol–water partition coefficient (Wildman–Crippen LogP) is 1.60.